The molecule has 1 aromatic carbocycles. The fourth-order valence-electron chi connectivity index (χ4n) is 1.42. The Morgan fingerprint density at radius 3 is 3.17 bits per heavy atom. The molecule has 0 spiro atoms. The van der Waals surface area contributed by atoms with Crippen LogP contribution in [0.25, 0.3) is 0 Å². The number of halogens is 1. The van der Waals surface area contributed by atoms with Crippen LogP contribution in [0.15, 0.2) is 23.1 Å². The summed E-state index contributed by atoms with van der Waals surface area (Å²) in [4.78, 5) is 1.36. The number of benzene rings is 1. The van der Waals surface area contributed by atoms with E-state index in [1.165, 1.54) is 10.5 Å². The molecule has 1 nitrogen and oxygen atoms in total. The monoisotopic (exact) mass is 199 g/mol. The standard InChI is InChI=1S/C9H10ClNS/c1-11-8-5-12-9-3-2-6(10)4-7(8)9/h2-4,8,11H,5H2,1H3. The fraction of sp³-hybridized carbons (Fsp3) is 0.333. The van der Waals surface area contributed by atoms with Crippen LogP contribution in [-0.4, -0.2) is 12.8 Å². The second kappa shape index (κ2) is 3.29. The second-order valence-corrected chi connectivity index (χ2v) is 4.33. The van der Waals surface area contributed by atoms with Crippen molar-refractivity contribution < 1.29 is 0 Å². The van der Waals surface area contributed by atoms with Crippen molar-refractivity contribution in [2.75, 3.05) is 12.8 Å². The molecule has 0 radical (unpaired) electrons. The van der Waals surface area contributed by atoms with Crippen LogP contribution < -0.4 is 5.32 Å². The van der Waals surface area contributed by atoms with E-state index in [9.17, 15) is 0 Å². The van der Waals surface area contributed by atoms with Gasteiger partial charge >= 0.3 is 0 Å². The van der Waals surface area contributed by atoms with Crippen LogP contribution in [0, 0.1) is 0 Å². The van der Waals surface area contributed by atoms with Crippen LogP contribution in [0.4, 0.5) is 0 Å². The molecule has 0 bridgehead atoms. The average Bonchev–Trinajstić information content (AvgIpc) is 2.46. The second-order valence-electron chi connectivity index (χ2n) is 2.83. The maximum Gasteiger partial charge on any atom is 0.0424 e. The summed E-state index contributed by atoms with van der Waals surface area (Å²) in [5.41, 5.74) is 1.34. The Kier molecular flexibility index (Phi) is 2.31. The molecule has 1 aromatic rings. The van der Waals surface area contributed by atoms with Crippen LogP contribution in [0.3, 0.4) is 0 Å². The first kappa shape index (κ1) is 8.42. The minimum Gasteiger partial charge on any atom is -0.312 e. The van der Waals surface area contributed by atoms with E-state index in [-0.39, 0.29) is 0 Å². The normalized spacial score (nSPS) is 21.0. The SMILES string of the molecule is CNC1CSc2ccc(Cl)cc21. The van der Waals surface area contributed by atoms with Gasteiger partial charge < -0.3 is 5.32 Å². The molecule has 1 unspecified atom stereocenters. The summed E-state index contributed by atoms with van der Waals surface area (Å²) in [6.07, 6.45) is 0. The molecular formula is C9H10ClNS. The molecule has 0 amide bonds. The molecule has 1 N–H and O–H groups in total. The average molecular weight is 200 g/mol. The summed E-state index contributed by atoms with van der Waals surface area (Å²) in [5, 5.41) is 4.10. The van der Waals surface area contributed by atoms with Crippen molar-refractivity contribution in [3.8, 4) is 0 Å². The highest BCUT2D eigenvalue weighted by Gasteiger charge is 2.21. The minimum absolute atomic E-state index is 0.476. The summed E-state index contributed by atoms with van der Waals surface area (Å²) in [5.74, 6) is 1.12. The third kappa shape index (κ3) is 1.35. The molecule has 0 saturated carbocycles. The zero-order valence-corrected chi connectivity index (χ0v) is 8.38. The molecule has 64 valence electrons. The molecule has 1 heterocycles. The highest BCUT2D eigenvalue weighted by Crippen LogP contribution is 2.38. The van der Waals surface area contributed by atoms with Crippen molar-refractivity contribution in [2.45, 2.75) is 10.9 Å². The number of rotatable bonds is 1. The molecule has 0 aliphatic carbocycles. The van der Waals surface area contributed by atoms with E-state index in [0.29, 0.717) is 6.04 Å². The third-order valence-corrected chi connectivity index (χ3v) is 3.52. The summed E-state index contributed by atoms with van der Waals surface area (Å²) < 4.78 is 0. The van der Waals surface area contributed by atoms with Gasteiger partial charge in [-0.15, -0.1) is 11.8 Å². The van der Waals surface area contributed by atoms with Gasteiger partial charge in [-0.25, -0.2) is 0 Å². The van der Waals surface area contributed by atoms with Crippen LogP contribution in [0.2, 0.25) is 5.02 Å². The molecule has 0 saturated heterocycles. The van der Waals surface area contributed by atoms with Crippen LogP contribution in [-0.2, 0) is 0 Å². The molecule has 0 fully saturated rings. The van der Waals surface area contributed by atoms with Crippen molar-refractivity contribution in [3.05, 3.63) is 28.8 Å². The van der Waals surface area contributed by atoms with Crippen LogP contribution in [0.1, 0.15) is 11.6 Å². The molecule has 1 aliphatic rings. The summed E-state index contributed by atoms with van der Waals surface area (Å²) in [7, 11) is 1.99. The number of fused-ring (bicyclic) bond motifs is 1. The topological polar surface area (TPSA) is 12.0 Å². The first-order valence-electron chi connectivity index (χ1n) is 3.91. The van der Waals surface area contributed by atoms with Crippen molar-refractivity contribution in [2.24, 2.45) is 0 Å². The van der Waals surface area contributed by atoms with Gasteiger partial charge in [0.05, 0.1) is 0 Å². The number of hydrogen-bond donors (Lipinski definition) is 1. The number of hydrogen-bond acceptors (Lipinski definition) is 2. The molecule has 12 heavy (non-hydrogen) atoms. The van der Waals surface area contributed by atoms with Gasteiger partial charge in [0, 0.05) is 21.7 Å². The highest BCUT2D eigenvalue weighted by atomic mass is 35.5. The summed E-state index contributed by atoms with van der Waals surface area (Å²) >= 11 is 7.80. The largest absolute Gasteiger partial charge is 0.312 e. The van der Waals surface area contributed by atoms with Gasteiger partial charge in [0.25, 0.3) is 0 Å². The minimum atomic E-state index is 0.476. The lowest BCUT2D eigenvalue weighted by molar-refractivity contribution is 0.664. The molecule has 3 heteroatoms. The van der Waals surface area contributed by atoms with E-state index in [4.69, 9.17) is 11.6 Å². The highest BCUT2D eigenvalue weighted by molar-refractivity contribution is 7.99. The van der Waals surface area contributed by atoms with E-state index >= 15 is 0 Å². The molecule has 1 atom stereocenters. The molecule has 2 rings (SSSR count). The lowest BCUT2D eigenvalue weighted by atomic mass is 10.1. The lowest BCUT2D eigenvalue weighted by Gasteiger charge is -2.08. The number of nitrogens with one attached hydrogen (secondary N) is 1. The molecule has 0 aromatic heterocycles. The van der Waals surface area contributed by atoms with Gasteiger partial charge in [-0.05, 0) is 30.8 Å². The Hall–Kier alpha value is -0.180. The Labute approximate surface area is 81.5 Å². The first-order valence-corrected chi connectivity index (χ1v) is 5.27. The first-order chi connectivity index (χ1) is 5.81. The maximum absolute atomic E-state index is 5.91. The molecular weight excluding hydrogens is 190 g/mol. The lowest BCUT2D eigenvalue weighted by Crippen LogP contribution is -2.15. The van der Waals surface area contributed by atoms with Crippen molar-refractivity contribution in [3.63, 3.8) is 0 Å². The zero-order valence-electron chi connectivity index (χ0n) is 6.80. The zero-order chi connectivity index (χ0) is 8.55. The van der Waals surface area contributed by atoms with E-state index < -0.39 is 0 Å². The Balaban J connectivity index is 2.42. The van der Waals surface area contributed by atoms with Crippen LogP contribution >= 0.6 is 23.4 Å². The predicted molar refractivity (Wildman–Crippen MR) is 54.0 cm³/mol. The quantitative estimate of drug-likeness (QED) is 0.747. The van der Waals surface area contributed by atoms with Gasteiger partial charge in [-0.3, -0.25) is 0 Å². The van der Waals surface area contributed by atoms with Crippen molar-refractivity contribution >= 4 is 23.4 Å². The van der Waals surface area contributed by atoms with E-state index in [1.807, 2.05) is 24.9 Å². The van der Waals surface area contributed by atoms with Crippen molar-refractivity contribution in [1.29, 1.82) is 0 Å². The number of thioether (sulfide) groups is 1. The Morgan fingerprint density at radius 1 is 1.58 bits per heavy atom. The summed E-state index contributed by atoms with van der Waals surface area (Å²) in [6, 6.07) is 6.58. The van der Waals surface area contributed by atoms with Gasteiger partial charge in [-0.1, -0.05) is 11.6 Å². The smallest absolute Gasteiger partial charge is 0.0424 e. The van der Waals surface area contributed by atoms with Gasteiger partial charge in [0.15, 0.2) is 0 Å². The Bertz CT molecular complexity index is 301. The predicted octanol–water partition coefficient (Wildman–Crippen LogP) is 2.71. The Morgan fingerprint density at radius 2 is 2.42 bits per heavy atom. The van der Waals surface area contributed by atoms with E-state index in [2.05, 4.69) is 17.4 Å². The van der Waals surface area contributed by atoms with E-state index in [0.717, 1.165) is 10.8 Å². The van der Waals surface area contributed by atoms with Gasteiger partial charge in [-0.2, -0.15) is 0 Å². The van der Waals surface area contributed by atoms with Gasteiger partial charge in [0.1, 0.15) is 0 Å². The molecule has 1 aliphatic heterocycles. The summed E-state index contributed by atoms with van der Waals surface area (Å²) in [6.45, 7) is 0. The van der Waals surface area contributed by atoms with E-state index in [1.54, 1.807) is 0 Å². The van der Waals surface area contributed by atoms with Crippen molar-refractivity contribution in [1.82, 2.24) is 5.32 Å². The third-order valence-electron chi connectivity index (χ3n) is 2.10. The fourth-order valence-corrected chi connectivity index (χ4v) is 2.83. The van der Waals surface area contributed by atoms with Gasteiger partial charge in [0.2, 0.25) is 0 Å². The van der Waals surface area contributed by atoms with Crippen LogP contribution in [0.5, 0.6) is 0 Å². The maximum atomic E-state index is 5.91.